The van der Waals surface area contributed by atoms with Crippen molar-refractivity contribution in [1.29, 1.82) is 0 Å². The average Bonchev–Trinajstić information content (AvgIpc) is 2.37. The number of benzene rings is 2. The van der Waals surface area contributed by atoms with Gasteiger partial charge in [0.2, 0.25) is 0 Å². The summed E-state index contributed by atoms with van der Waals surface area (Å²) >= 11 is 17.8. The van der Waals surface area contributed by atoms with Crippen LogP contribution in [0.3, 0.4) is 0 Å². The van der Waals surface area contributed by atoms with Crippen molar-refractivity contribution in [2.24, 2.45) is 0 Å². The lowest BCUT2D eigenvalue weighted by Gasteiger charge is -2.09. The van der Waals surface area contributed by atoms with Crippen LogP contribution in [0.5, 0.6) is 5.75 Å². The lowest BCUT2D eigenvalue weighted by atomic mass is 10.2. The predicted octanol–water partition coefficient (Wildman–Crippen LogP) is 5.27. The number of hydrogen-bond donors (Lipinski definition) is 2. The molecule has 0 unspecified atom stereocenters. The Hall–Kier alpha value is -1.09. The number of phenolic OH excluding ortho intramolecular Hbond substituents is 1. The molecule has 0 fully saturated rings. The summed E-state index contributed by atoms with van der Waals surface area (Å²) < 4.78 is 0. The van der Waals surface area contributed by atoms with Crippen molar-refractivity contribution in [3.63, 3.8) is 0 Å². The van der Waals surface area contributed by atoms with Gasteiger partial charge in [0.1, 0.15) is 0 Å². The van der Waals surface area contributed by atoms with Gasteiger partial charge in [0, 0.05) is 17.3 Å². The molecule has 0 heterocycles. The summed E-state index contributed by atoms with van der Waals surface area (Å²) in [6.45, 7) is 2.49. The van der Waals surface area contributed by atoms with Gasteiger partial charge in [-0.25, -0.2) is 0 Å². The van der Waals surface area contributed by atoms with Gasteiger partial charge >= 0.3 is 0 Å². The van der Waals surface area contributed by atoms with Gasteiger partial charge in [0.25, 0.3) is 0 Å². The highest BCUT2D eigenvalue weighted by molar-refractivity contribution is 6.37. The van der Waals surface area contributed by atoms with Gasteiger partial charge in [-0.2, -0.15) is 0 Å². The summed E-state index contributed by atoms with van der Waals surface area (Å²) in [5.41, 5.74) is 2.82. The zero-order valence-electron chi connectivity index (χ0n) is 10.2. The van der Waals surface area contributed by atoms with Gasteiger partial charge in [0.15, 0.2) is 5.75 Å². The molecule has 0 amide bonds. The van der Waals surface area contributed by atoms with E-state index in [1.54, 1.807) is 12.1 Å². The Morgan fingerprint density at radius 1 is 1.00 bits per heavy atom. The number of aryl methyl sites for hydroxylation is 1. The van der Waals surface area contributed by atoms with Crippen molar-refractivity contribution in [2.45, 2.75) is 13.5 Å². The number of hydrogen-bond acceptors (Lipinski definition) is 2. The van der Waals surface area contributed by atoms with Crippen molar-refractivity contribution >= 4 is 40.5 Å². The number of aromatic hydroxyl groups is 1. The van der Waals surface area contributed by atoms with Gasteiger partial charge < -0.3 is 10.4 Å². The van der Waals surface area contributed by atoms with Gasteiger partial charge in [-0.15, -0.1) is 0 Å². The highest BCUT2D eigenvalue weighted by Gasteiger charge is 2.06. The van der Waals surface area contributed by atoms with Gasteiger partial charge in [0.05, 0.1) is 10.0 Å². The molecule has 19 heavy (non-hydrogen) atoms. The Morgan fingerprint density at radius 3 is 2.21 bits per heavy atom. The Morgan fingerprint density at radius 2 is 1.63 bits per heavy atom. The molecule has 0 atom stereocenters. The molecule has 5 heteroatoms. The molecule has 0 bridgehead atoms. The van der Waals surface area contributed by atoms with Crippen molar-refractivity contribution in [3.8, 4) is 5.75 Å². The van der Waals surface area contributed by atoms with E-state index >= 15 is 0 Å². The van der Waals surface area contributed by atoms with E-state index in [4.69, 9.17) is 34.8 Å². The summed E-state index contributed by atoms with van der Waals surface area (Å²) in [7, 11) is 0. The smallest absolute Gasteiger partial charge is 0.152 e. The molecule has 0 saturated carbocycles. The Labute approximate surface area is 126 Å². The van der Waals surface area contributed by atoms with Crippen molar-refractivity contribution < 1.29 is 5.11 Å². The van der Waals surface area contributed by atoms with Crippen LogP contribution < -0.4 is 5.32 Å². The number of rotatable bonds is 3. The van der Waals surface area contributed by atoms with Crippen LogP contribution in [0.15, 0.2) is 30.3 Å². The fourth-order valence-corrected chi connectivity index (χ4v) is 2.34. The zero-order valence-corrected chi connectivity index (χ0v) is 12.4. The van der Waals surface area contributed by atoms with E-state index in [0.717, 1.165) is 16.8 Å². The topological polar surface area (TPSA) is 32.3 Å². The Balaban J connectivity index is 2.12. The van der Waals surface area contributed by atoms with E-state index in [1.807, 2.05) is 25.1 Å². The monoisotopic (exact) mass is 315 g/mol. The first-order chi connectivity index (χ1) is 8.97. The molecule has 2 aromatic rings. The summed E-state index contributed by atoms with van der Waals surface area (Å²) in [6.07, 6.45) is 0. The third-order valence-electron chi connectivity index (χ3n) is 2.75. The van der Waals surface area contributed by atoms with E-state index in [0.29, 0.717) is 11.6 Å². The first kappa shape index (κ1) is 14.3. The summed E-state index contributed by atoms with van der Waals surface area (Å²) in [5, 5.41) is 13.9. The van der Waals surface area contributed by atoms with Gasteiger partial charge in [-0.3, -0.25) is 0 Å². The van der Waals surface area contributed by atoms with E-state index in [-0.39, 0.29) is 15.8 Å². The maximum absolute atomic E-state index is 9.48. The molecule has 0 saturated heterocycles. The van der Waals surface area contributed by atoms with Crippen LogP contribution in [0.25, 0.3) is 0 Å². The second-order valence-electron chi connectivity index (χ2n) is 4.23. The molecule has 0 aromatic heterocycles. The van der Waals surface area contributed by atoms with Crippen LogP contribution in [-0.4, -0.2) is 5.11 Å². The minimum Gasteiger partial charge on any atom is -0.505 e. The van der Waals surface area contributed by atoms with Gasteiger partial charge in [-0.05, 0) is 42.3 Å². The molecule has 2 rings (SSSR count). The fraction of sp³-hybridized carbons (Fsp3) is 0.143. The minimum atomic E-state index is -0.0922. The molecule has 2 nitrogen and oxygen atoms in total. The maximum atomic E-state index is 9.48. The molecule has 2 N–H and O–H groups in total. The van der Waals surface area contributed by atoms with Crippen molar-refractivity contribution in [2.75, 3.05) is 5.32 Å². The van der Waals surface area contributed by atoms with Crippen molar-refractivity contribution in [3.05, 3.63) is 56.5 Å². The highest BCUT2D eigenvalue weighted by Crippen LogP contribution is 2.33. The molecule has 100 valence electrons. The first-order valence-corrected chi connectivity index (χ1v) is 6.77. The number of anilines is 1. The maximum Gasteiger partial charge on any atom is 0.152 e. The van der Waals surface area contributed by atoms with Crippen LogP contribution >= 0.6 is 34.8 Å². The average molecular weight is 317 g/mol. The number of halogens is 3. The number of phenols is 1. The predicted molar refractivity (Wildman–Crippen MR) is 81.6 cm³/mol. The molecule has 0 aliphatic carbocycles. The SMILES string of the molecule is Cc1ccc(NCc2cc(Cl)c(O)c(Cl)c2)cc1Cl. The minimum absolute atomic E-state index is 0.0922. The van der Waals surface area contributed by atoms with E-state index in [9.17, 15) is 5.11 Å². The Bertz CT molecular complexity index is 591. The summed E-state index contributed by atoms with van der Waals surface area (Å²) in [5.74, 6) is -0.0922. The molecule has 2 aromatic carbocycles. The normalized spacial score (nSPS) is 10.5. The third-order valence-corrected chi connectivity index (χ3v) is 3.73. The van der Waals surface area contributed by atoms with E-state index in [2.05, 4.69) is 5.32 Å². The second-order valence-corrected chi connectivity index (χ2v) is 5.45. The molecule has 0 aliphatic rings. The van der Waals surface area contributed by atoms with Crippen LogP contribution in [0, 0.1) is 6.92 Å². The molecular weight excluding hydrogens is 305 g/mol. The van der Waals surface area contributed by atoms with Crippen LogP contribution in [-0.2, 0) is 6.54 Å². The standard InChI is InChI=1S/C14H12Cl3NO/c1-8-2-3-10(6-11(8)15)18-7-9-4-12(16)14(19)13(17)5-9/h2-6,18-19H,7H2,1H3. The molecule has 0 spiro atoms. The molecule has 0 aliphatic heterocycles. The first-order valence-electron chi connectivity index (χ1n) is 5.64. The largest absolute Gasteiger partial charge is 0.505 e. The molecular formula is C14H12Cl3NO. The van der Waals surface area contributed by atoms with Crippen LogP contribution in [0.4, 0.5) is 5.69 Å². The summed E-state index contributed by atoms with van der Waals surface area (Å²) in [4.78, 5) is 0. The second kappa shape index (κ2) is 5.91. The lowest BCUT2D eigenvalue weighted by Crippen LogP contribution is -1.99. The van der Waals surface area contributed by atoms with Gasteiger partial charge in [-0.1, -0.05) is 40.9 Å². The fourth-order valence-electron chi connectivity index (χ4n) is 1.63. The lowest BCUT2D eigenvalue weighted by molar-refractivity contribution is 0.475. The van der Waals surface area contributed by atoms with Crippen LogP contribution in [0.1, 0.15) is 11.1 Å². The highest BCUT2D eigenvalue weighted by atomic mass is 35.5. The van der Waals surface area contributed by atoms with E-state index < -0.39 is 0 Å². The van der Waals surface area contributed by atoms with E-state index in [1.165, 1.54) is 0 Å². The third kappa shape index (κ3) is 3.47. The number of nitrogens with one attached hydrogen (secondary N) is 1. The zero-order chi connectivity index (χ0) is 14.0. The summed E-state index contributed by atoms with van der Waals surface area (Å²) in [6, 6.07) is 9.10. The van der Waals surface area contributed by atoms with Crippen molar-refractivity contribution in [1.82, 2.24) is 0 Å². The Kier molecular flexibility index (Phi) is 4.46. The quantitative estimate of drug-likeness (QED) is 0.808. The molecule has 0 radical (unpaired) electrons. The van der Waals surface area contributed by atoms with Crippen LogP contribution in [0.2, 0.25) is 15.1 Å².